The largest absolute Gasteiger partial charge is 0.277 e. The number of hydrogen-bond acceptors (Lipinski definition) is 2. The fourth-order valence-electron chi connectivity index (χ4n) is 1.63. The molecule has 0 aromatic heterocycles. The molecule has 1 aromatic carbocycles. The molecule has 76 valence electrons. The van der Waals surface area contributed by atoms with Gasteiger partial charge in [-0.05, 0) is 12.5 Å². The summed E-state index contributed by atoms with van der Waals surface area (Å²) in [5.41, 5.74) is 0.980. The Labute approximate surface area is 83.5 Å². The number of benzene rings is 1. The maximum absolute atomic E-state index is 11.2. The van der Waals surface area contributed by atoms with E-state index in [1.54, 1.807) is 0 Å². The van der Waals surface area contributed by atoms with Gasteiger partial charge in [0.25, 0.3) is 10.2 Å². The van der Waals surface area contributed by atoms with E-state index >= 15 is 0 Å². The maximum atomic E-state index is 11.2. The highest BCUT2D eigenvalue weighted by Crippen LogP contribution is 2.21. The Morgan fingerprint density at radius 2 is 1.79 bits per heavy atom. The van der Waals surface area contributed by atoms with Crippen molar-refractivity contribution in [2.45, 2.75) is 19.0 Å². The predicted molar refractivity (Wildman–Crippen MR) is 53.8 cm³/mol. The van der Waals surface area contributed by atoms with Crippen molar-refractivity contribution in [3.8, 4) is 0 Å². The van der Waals surface area contributed by atoms with Crippen LogP contribution in [-0.4, -0.2) is 14.5 Å². The molecule has 2 N–H and O–H groups in total. The molecule has 0 amide bonds. The third-order valence-electron chi connectivity index (χ3n) is 2.28. The minimum Gasteiger partial charge on any atom is -0.198 e. The molecule has 0 radical (unpaired) electrons. The first-order chi connectivity index (χ1) is 6.58. The van der Waals surface area contributed by atoms with E-state index < -0.39 is 10.2 Å². The molecule has 1 aliphatic heterocycles. The van der Waals surface area contributed by atoms with Crippen LogP contribution in [0.3, 0.4) is 0 Å². The molecule has 14 heavy (non-hydrogen) atoms. The first-order valence-corrected chi connectivity index (χ1v) is 5.91. The monoisotopic (exact) mass is 212 g/mol. The Morgan fingerprint density at radius 3 is 2.29 bits per heavy atom. The van der Waals surface area contributed by atoms with Crippen LogP contribution in [0.4, 0.5) is 0 Å². The smallest absolute Gasteiger partial charge is 0.198 e. The Kier molecular flexibility index (Phi) is 2.30. The average molecular weight is 212 g/mol. The molecule has 5 heteroatoms. The van der Waals surface area contributed by atoms with Crippen molar-refractivity contribution >= 4 is 10.2 Å². The molecule has 0 unspecified atom stereocenters. The summed E-state index contributed by atoms with van der Waals surface area (Å²) >= 11 is 0. The van der Waals surface area contributed by atoms with Crippen molar-refractivity contribution in [3.05, 3.63) is 35.9 Å². The predicted octanol–water partition coefficient (Wildman–Crippen LogP) is 0.554. The van der Waals surface area contributed by atoms with Gasteiger partial charge in [0, 0.05) is 6.04 Å². The molecular weight excluding hydrogens is 200 g/mol. The molecule has 0 saturated carbocycles. The van der Waals surface area contributed by atoms with E-state index in [1.807, 2.05) is 37.3 Å². The molecule has 1 heterocycles. The molecule has 4 nitrogen and oxygen atoms in total. The van der Waals surface area contributed by atoms with Gasteiger partial charge in [-0.1, -0.05) is 30.3 Å². The molecular formula is C9H12N2O2S. The van der Waals surface area contributed by atoms with Crippen LogP contribution < -0.4 is 9.44 Å². The molecule has 1 fully saturated rings. The van der Waals surface area contributed by atoms with Gasteiger partial charge >= 0.3 is 0 Å². The van der Waals surface area contributed by atoms with E-state index in [9.17, 15) is 8.42 Å². The van der Waals surface area contributed by atoms with E-state index in [0.717, 1.165) is 5.56 Å². The van der Waals surface area contributed by atoms with Crippen LogP contribution in [0.5, 0.6) is 0 Å². The SMILES string of the molecule is C[C@@H]1NS(=O)(=O)N[C@@H]1c1ccccc1. The Morgan fingerprint density at radius 1 is 1.14 bits per heavy atom. The first kappa shape index (κ1) is 9.64. The third kappa shape index (κ3) is 1.79. The van der Waals surface area contributed by atoms with Gasteiger partial charge in [-0.2, -0.15) is 17.9 Å². The van der Waals surface area contributed by atoms with Gasteiger partial charge in [-0.25, -0.2) is 0 Å². The van der Waals surface area contributed by atoms with Crippen LogP contribution in [-0.2, 0) is 10.2 Å². The second kappa shape index (κ2) is 3.34. The normalized spacial score (nSPS) is 30.4. The summed E-state index contributed by atoms with van der Waals surface area (Å²) in [5, 5.41) is 0. The van der Waals surface area contributed by atoms with Gasteiger partial charge in [0.15, 0.2) is 0 Å². The summed E-state index contributed by atoms with van der Waals surface area (Å²) in [6.07, 6.45) is 0. The van der Waals surface area contributed by atoms with E-state index in [2.05, 4.69) is 9.44 Å². The highest BCUT2D eigenvalue weighted by atomic mass is 32.2. The zero-order valence-electron chi connectivity index (χ0n) is 7.77. The molecule has 1 saturated heterocycles. The minimum atomic E-state index is -3.29. The number of hydrogen-bond donors (Lipinski definition) is 2. The van der Waals surface area contributed by atoms with Crippen molar-refractivity contribution < 1.29 is 8.42 Å². The summed E-state index contributed by atoms with van der Waals surface area (Å²) in [6.45, 7) is 1.84. The molecule has 2 rings (SSSR count). The summed E-state index contributed by atoms with van der Waals surface area (Å²) in [4.78, 5) is 0. The lowest BCUT2D eigenvalue weighted by atomic mass is 10.0. The highest BCUT2D eigenvalue weighted by molar-refractivity contribution is 7.87. The minimum absolute atomic E-state index is 0.109. The summed E-state index contributed by atoms with van der Waals surface area (Å²) in [5.74, 6) is 0. The van der Waals surface area contributed by atoms with Crippen LogP contribution >= 0.6 is 0 Å². The van der Waals surface area contributed by atoms with Gasteiger partial charge < -0.3 is 0 Å². The second-order valence-corrected chi connectivity index (χ2v) is 4.89. The average Bonchev–Trinajstić information content (AvgIpc) is 2.41. The van der Waals surface area contributed by atoms with Gasteiger partial charge in [0.05, 0.1) is 6.04 Å². The number of nitrogens with one attached hydrogen (secondary N) is 2. The highest BCUT2D eigenvalue weighted by Gasteiger charge is 2.33. The van der Waals surface area contributed by atoms with Crippen LogP contribution in [0.15, 0.2) is 30.3 Å². The van der Waals surface area contributed by atoms with Gasteiger partial charge in [0.2, 0.25) is 0 Å². The van der Waals surface area contributed by atoms with Gasteiger partial charge in [0.1, 0.15) is 0 Å². The molecule has 0 aliphatic carbocycles. The molecule has 1 aromatic rings. The zero-order valence-corrected chi connectivity index (χ0v) is 8.58. The van der Waals surface area contributed by atoms with Crippen molar-refractivity contribution in [2.24, 2.45) is 0 Å². The van der Waals surface area contributed by atoms with Gasteiger partial charge in [-0.3, -0.25) is 0 Å². The van der Waals surface area contributed by atoms with Crippen molar-refractivity contribution in [1.29, 1.82) is 0 Å². The van der Waals surface area contributed by atoms with E-state index in [0.29, 0.717) is 0 Å². The maximum Gasteiger partial charge on any atom is 0.277 e. The molecule has 0 spiro atoms. The molecule has 2 atom stereocenters. The molecule has 0 bridgehead atoms. The van der Waals surface area contributed by atoms with Crippen LogP contribution in [0.2, 0.25) is 0 Å². The van der Waals surface area contributed by atoms with E-state index in [-0.39, 0.29) is 12.1 Å². The lowest BCUT2D eigenvalue weighted by molar-refractivity contribution is 0.568. The van der Waals surface area contributed by atoms with Crippen LogP contribution in [0.25, 0.3) is 0 Å². The lowest BCUT2D eigenvalue weighted by Gasteiger charge is -2.12. The summed E-state index contributed by atoms with van der Waals surface area (Å²) in [6, 6.07) is 9.26. The Balaban J connectivity index is 2.30. The fourth-order valence-corrected chi connectivity index (χ4v) is 3.00. The standard InChI is InChI=1S/C9H12N2O2S/c1-7-9(11-14(12,13)10-7)8-5-3-2-4-6-8/h2-7,9-11H,1H3/t7-,9-/m0/s1. The van der Waals surface area contributed by atoms with Crippen LogP contribution in [0.1, 0.15) is 18.5 Å². The topological polar surface area (TPSA) is 58.2 Å². The van der Waals surface area contributed by atoms with Crippen molar-refractivity contribution in [1.82, 2.24) is 9.44 Å². The third-order valence-corrected chi connectivity index (χ3v) is 3.53. The number of rotatable bonds is 1. The fraction of sp³-hybridized carbons (Fsp3) is 0.333. The van der Waals surface area contributed by atoms with E-state index in [4.69, 9.17) is 0 Å². The van der Waals surface area contributed by atoms with Crippen LogP contribution in [0, 0.1) is 0 Å². The first-order valence-electron chi connectivity index (χ1n) is 4.43. The van der Waals surface area contributed by atoms with Crippen molar-refractivity contribution in [2.75, 3.05) is 0 Å². The summed E-state index contributed by atoms with van der Waals surface area (Å²) in [7, 11) is -3.29. The summed E-state index contributed by atoms with van der Waals surface area (Å²) < 4.78 is 27.5. The Bertz CT molecular complexity index is 416. The Hall–Kier alpha value is -0.910. The zero-order chi connectivity index (χ0) is 10.2. The van der Waals surface area contributed by atoms with Gasteiger partial charge in [-0.15, -0.1) is 0 Å². The lowest BCUT2D eigenvalue weighted by Crippen LogP contribution is -2.25. The second-order valence-electron chi connectivity index (χ2n) is 3.42. The van der Waals surface area contributed by atoms with E-state index in [1.165, 1.54) is 0 Å². The quantitative estimate of drug-likeness (QED) is 0.714. The van der Waals surface area contributed by atoms with Crippen molar-refractivity contribution in [3.63, 3.8) is 0 Å². The molecule has 1 aliphatic rings.